The minimum absolute atomic E-state index is 0.0739. The summed E-state index contributed by atoms with van der Waals surface area (Å²) in [7, 11) is 0. The molecule has 4 heterocycles. The summed E-state index contributed by atoms with van der Waals surface area (Å²) in [6, 6.07) is 13.6. The van der Waals surface area contributed by atoms with Gasteiger partial charge in [-0.2, -0.15) is 10.2 Å². The minimum atomic E-state index is -0.0739. The van der Waals surface area contributed by atoms with Gasteiger partial charge in [0.25, 0.3) is 5.91 Å². The molecule has 0 aliphatic carbocycles. The lowest BCUT2D eigenvalue weighted by Crippen LogP contribution is -2.34. The molecule has 4 aromatic rings. The standard InChI is InChI=1S/C19H17N7O/c27-19(15-13-20-16-7-4-9-21-26(15)16)24-10-8-17-22-18(23-25(17)12-11-24)14-5-2-1-3-6-14/h1-7,9,13H,8,10-12H2. The van der Waals surface area contributed by atoms with E-state index in [1.165, 1.54) is 0 Å². The van der Waals surface area contributed by atoms with Crippen LogP contribution in [0.15, 0.2) is 54.9 Å². The maximum absolute atomic E-state index is 13.0. The van der Waals surface area contributed by atoms with Gasteiger partial charge in [-0.15, -0.1) is 0 Å². The first kappa shape index (κ1) is 15.7. The lowest BCUT2D eigenvalue weighted by Gasteiger charge is -2.19. The monoisotopic (exact) mass is 359 g/mol. The molecule has 5 rings (SSSR count). The van der Waals surface area contributed by atoms with Gasteiger partial charge >= 0.3 is 0 Å². The highest BCUT2D eigenvalue weighted by molar-refractivity contribution is 5.93. The highest BCUT2D eigenvalue weighted by Gasteiger charge is 2.24. The molecule has 0 atom stereocenters. The zero-order valence-electron chi connectivity index (χ0n) is 14.6. The third kappa shape index (κ3) is 2.75. The molecule has 0 fully saturated rings. The molecular weight excluding hydrogens is 342 g/mol. The predicted molar refractivity (Wildman–Crippen MR) is 98.1 cm³/mol. The van der Waals surface area contributed by atoms with Crippen molar-refractivity contribution in [2.24, 2.45) is 0 Å². The van der Waals surface area contributed by atoms with E-state index in [1.54, 1.807) is 23.0 Å². The van der Waals surface area contributed by atoms with Crippen LogP contribution < -0.4 is 0 Å². The Balaban J connectivity index is 1.37. The first-order valence-corrected chi connectivity index (χ1v) is 8.87. The topological polar surface area (TPSA) is 81.2 Å². The number of hydrogen-bond acceptors (Lipinski definition) is 5. The fourth-order valence-electron chi connectivity index (χ4n) is 3.35. The summed E-state index contributed by atoms with van der Waals surface area (Å²) < 4.78 is 3.49. The molecule has 8 nitrogen and oxygen atoms in total. The van der Waals surface area contributed by atoms with Crippen LogP contribution in [0.5, 0.6) is 0 Å². The Hall–Kier alpha value is -3.55. The van der Waals surface area contributed by atoms with Crippen molar-refractivity contribution in [3.8, 4) is 11.4 Å². The molecule has 0 saturated heterocycles. The molecule has 27 heavy (non-hydrogen) atoms. The Morgan fingerprint density at radius 3 is 2.78 bits per heavy atom. The summed E-state index contributed by atoms with van der Waals surface area (Å²) in [4.78, 5) is 23.7. The number of aromatic nitrogens is 6. The van der Waals surface area contributed by atoms with E-state index in [2.05, 4.69) is 20.2 Å². The van der Waals surface area contributed by atoms with Gasteiger partial charge in [-0.05, 0) is 12.1 Å². The molecule has 0 bridgehead atoms. The average molecular weight is 359 g/mol. The van der Waals surface area contributed by atoms with Crippen molar-refractivity contribution in [1.29, 1.82) is 0 Å². The third-order valence-electron chi connectivity index (χ3n) is 4.75. The molecule has 3 aromatic heterocycles. The second-order valence-corrected chi connectivity index (χ2v) is 6.42. The van der Waals surface area contributed by atoms with Gasteiger partial charge in [-0.1, -0.05) is 30.3 Å². The minimum Gasteiger partial charge on any atom is -0.335 e. The van der Waals surface area contributed by atoms with E-state index >= 15 is 0 Å². The quantitative estimate of drug-likeness (QED) is 0.544. The molecule has 0 spiro atoms. The summed E-state index contributed by atoms with van der Waals surface area (Å²) in [5.74, 6) is 1.56. The third-order valence-corrected chi connectivity index (χ3v) is 4.75. The molecule has 0 saturated carbocycles. The van der Waals surface area contributed by atoms with Crippen LogP contribution in [0.4, 0.5) is 0 Å². The Bertz CT molecular complexity index is 1090. The van der Waals surface area contributed by atoms with Crippen LogP contribution in [0.1, 0.15) is 16.3 Å². The fourth-order valence-corrected chi connectivity index (χ4v) is 3.35. The number of rotatable bonds is 2. The molecule has 0 N–H and O–H groups in total. The van der Waals surface area contributed by atoms with Crippen molar-refractivity contribution in [2.45, 2.75) is 13.0 Å². The number of carbonyl (C=O) groups is 1. The largest absolute Gasteiger partial charge is 0.335 e. The maximum Gasteiger partial charge on any atom is 0.274 e. The Morgan fingerprint density at radius 1 is 1.00 bits per heavy atom. The van der Waals surface area contributed by atoms with Gasteiger partial charge in [-0.3, -0.25) is 4.79 Å². The summed E-state index contributed by atoms with van der Waals surface area (Å²) >= 11 is 0. The molecule has 1 aliphatic heterocycles. The van der Waals surface area contributed by atoms with Crippen molar-refractivity contribution < 1.29 is 4.79 Å². The van der Waals surface area contributed by atoms with Crippen LogP contribution in [0, 0.1) is 0 Å². The maximum atomic E-state index is 13.0. The summed E-state index contributed by atoms with van der Waals surface area (Å²) in [5.41, 5.74) is 2.14. The van der Waals surface area contributed by atoms with Crippen molar-refractivity contribution in [2.75, 3.05) is 13.1 Å². The van der Waals surface area contributed by atoms with E-state index in [-0.39, 0.29) is 5.91 Å². The molecule has 0 radical (unpaired) electrons. The summed E-state index contributed by atoms with van der Waals surface area (Å²) in [6.07, 6.45) is 3.90. The molecular formula is C19H17N7O. The number of hydrogen-bond donors (Lipinski definition) is 0. The van der Waals surface area contributed by atoms with Gasteiger partial charge in [-0.25, -0.2) is 19.2 Å². The van der Waals surface area contributed by atoms with Crippen molar-refractivity contribution in [3.63, 3.8) is 0 Å². The van der Waals surface area contributed by atoms with Crippen LogP contribution in [0.2, 0.25) is 0 Å². The Labute approximate surface area is 155 Å². The van der Waals surface area contributed by atoms with E-state index < -0.39 is 0 Å². The highest BCUT2D eigenvalue weighted by atomic mass is 16.2. The first-order valence-electron chi connectivity index (χ1n) is 8.87. The van der Waals surface area contributed by atoms with Crippen LogP contribution in [-0.4, -0.2) is 53.3 Å². The number of fused-ring (bicyclic) bond motifs is 2. The molecule has 1 aliphatic rings. The number of imidazole rings is 1. The summed E-state index contributed by atoms with van der Waals surface area (Å²) in [6.45, 7) is 1.78. The number of carbonyl (C=O) groups excluding carboxylic acids is 1. The SMILES string of the molecule is O=C(c1cnc2cccnn12)N1CCc2nc(-c3ccccc3)nn2CC1. The van der Waals surface area contributed by atoms with Crippen molar-refractivity contribution in [1.82, 2.24) is 34.3 Å². The van der Waals surface area contributed by atoms with Crippen molar-refractivity contribution >= 4 is 11.6 Å². The second kappa shape index (κ2) is 6.31. The van der Waals surface area contributed by atoms with Crippen LogP contribution in [-0.2, 0) is 13.0 Å². The van der Waals surface area contributed by atoms with Crippen LogP contribution in [0.25, 0.3) is 17.0 Å². The molecule has 1 amide bonds. The molecule has 0 unspecified atom stereocenters. The van der Waals surface area contributed by atoms with E-state index in [9.17, 15) is 4.79 Å². The van der Waals surface area contributed by atoms with Crippen LogP contribution >= 0.6 is 0 Å². The Kier molecular flexibility index (Phi) is 3.67. The molecule has 8 heteroatoms. The van der Waals surface area contributed by atoms with E-state index in [4.69, 9.17) is 0 Å². The van der Waals surface area contributed by atoms with Gasteiger partial charge < -0.3 is 4.90 Å². The predicted octanol–water partition coefficient (Wildman–Crippen LogP) is 1.69. The molecule has 134 valence electrons. The normalized spacial score (nSPS) is 14.1. The van der Waals surface area contributed by atoms with Crippen molar-refractivity contribution in [3.05, 3.63) is 66.4 Å². The van der Waals surface area contributed by atoms with E-state index in [0.717, 1.165) is 17.2 Å². The highest BCUT2D eigenvalue weighted by Crippen LogP contribution is 2.18. The van der Waals surface area contributed by atoms with Gasteiger partial charge in [0.1, 0.15) is 5.82 Å². The zero-order chi connectivity index (χ0) is 18.2. The smallest absolute Gasteiger partial charge is 0.274 e. The van der Waals surface area contributed by atoms with E-state index in [1.807, 2.05) is 46.0 Å². The number of benzene rings is 1. The van der Waals surface area contributed by atoms with Crippen LogP contribution in [0.3, 0.4) is 0 Å². The van der Waals surface area contributed by atoms with E-state index in [0.29, 0.717) is 37.4 Å². The zero-order valence-corrected chi connectivity index (χ0v) is 14.6. The number of amides is 1. The first-order chi connectivity index (χ1) is 13.3. The lowest BCUT2D eigenvalue weighted by atomic mass is 10.2. The summed E-state index contributed by atoms with van der Waals surface area (Å²) in [5, 5.41) is 8.86. The van der Waals surface area contributed by atoms with Gasteiger partial charge in [0.05, 0.1) is 12.7 Å². The van der Waals surface area contributed by atoms with Gasteiger partial charge in [0.15, 0.2) is 17.2 Å². The fraction of sp³-hybridized carbons (Fsp3) is 0.211. The molecule has 1 aromatic carbocycles. The van der Waals surface area contributed by atoms with Gasteiger partial charge in [0, 0.05) is 31.3 Å². The average Bonchev–Trinajstić information content (AvgIpc) is 3.28. The lowest BCUT2D eigenvalue weighted by molar-refractivity contribution is 0.0750. The second-order valence-electron chi connectivity index (χ2n) is 6.42. The number of nitrogens with zero attached hydrogens (tertiary/aromatic N) is 7. The van der Waals surface area contributed by atoms with Gasteiger partial charge in [0.2, 0.25) is 0 Å². The Morgan fingerprint density at radius 2 is 1.89 bits per heavy atom.